The molecular formula is C15H11Cl2N. The van der Waals surface area contributed by atoms with E-state index < -0.39 is 0 Å². The number of aromatic nitrogens is 1. The van der Waals surface area contributed by atoms with Gasteiger partial charge in [-0.15, -0.1) is 23.2 Å². The van der Waals surface area contributed by atoms with Crippen LogP contribution in [0.3, 0.4) is 0 Å². The maximum Gasteiger partial charge on any atom is 0.0709 e. The van der Waals surface area contributed by atoms with Crippen molar-refractivity contribution in [3.63, 3.8) is 0 Å². The van der Waals surface area contributed by atoms with Crippen molar-refractivity contribution in [2.24, 2.45) is 0 Å². The van der Waals surface area contributed by atoms with E-state index in [4.69, 9.17) is 23.2 Å². The third-order valence-corrected chi connectivity index (χ3v) is 3.66. The second-order valence-corrected chi connectivity index (χ2v) is 4.84. The van der Waals surface area contributed by atoms with E-state index >= 15 is 0 Å². The zero-order valence-electron chi connectivity index (χ0n) is 9.66. The minimum Gasteiger partial charge on any atom is -0.248 e. The fraction of sp³-hybridized carbons (Fsp3) is 0.133. The largest absolute Gasteiger partial charge is 0.248 e. The molecule has 2 aromatic carbocycles. The monoisotopic (exact) mass is 275 g/mol. The molecule has 1 aromatic heterocycles. The van der Waals surface area contributed by atoms with Gasteiger partial charge < -0.3 is 0 Å². The molecule has 0 aliphatic rings. The average Bonchev–Trinajstić information content (AvgIpc) is 2.43. The van der Waals surface area contributed by atoms with Gasteiger partial charge in [0, 0.05) is 22.5 Å². The van der Waals surface area contributed by atoms with Crippen molar-refractivity contribution in [2.75, 3.05) is 0 Å². The summed E-state index contributed by atoms with van der Waals surface area (Å²) in [6.07, 6.45) is 0. The number of alkyl halides is 2. The van der Waals surface area contributed by atoms with Crippen LogP contribution in [0.25, 0.3) is 21.8 Å². The molecule has 0 N–H and O–H groups in total. The third kappa shape index (κ3) is 2.05. The molecule has 18 heavy (non-hydrogen) atoms. The van der Waals surface area contributed by atoms with E-state index in [2.05, 4.69) is 23.2 Å². The molecule has 0 fully saturated rings. The van der Waals surface area contributed by atoms with Crippen LogP contribution in [-0.4, -0.2) is 4.98 Å². The topological polar surface area (TPSA) is 12.9 Å². The Hall–Kier alpha value is -1.31. The maximum atomic E-state index is 5.86. The second kappa shape index (κ2) is 4.75. The van der Waals surface area contributed by atoms with Gasteiger partial charge in [-0.1, -0.05) is 12.1 Å². The molecule has 1 heterocycles. The van der Waals surface area contributed by atoms with E-state index in [9.17, 15) is 0 Å². The minimum atomic E-state index is 0.524. The second-order valence-electron chi connectivity index (χ2n) is 4.31. The summed E-state index contributed by atoms with van der Waals surface area (Å²) >= 11 is 11.7. The van der Waals surface area contributed by atoms with Gasteiger partial charge in [0.05, 0.1) is 11.0 Å². The lowest BCUT2D eigenvalue weighted by Crippen LogP contribution is -1.86. The lowest BCUT2D eigenvalue weighted by Gasteiger charge is -2.04. The van der Waals surface area contributed by atoms with Crippen LogP contribution in [0.5, 0.6) is 0 Å². The summed E-state index contributed by atoms with van der Waals surface area (Å²) in [7, 11) is 0. The van der Waals surface area contributed by atoms with E-state index in [1.54, 1.807) is 0 Å². The number of pyridine rings is 1. The molecule has 0 aliphatic heterocycles. The highest BCUT2D eigenvalue weighted by molar-refractivity contribution is 6.17. The Morgan fingerprint density at radius 2 is 1.22 bits per heavy atom. The Labute approximate surface area is 115 Å². The molecule has 3 aromatic rings. The van der Waals surface area contributed by atoms with Gasteiger partial charge >= 0.3 is 0 Å². The highest BCUT2D eigenvalue weighted by atomic mass is 35.5. The first kappa shape index (κ1) is 11.8. The van der Waals surface area contributed by atoms with E-state index in [0.29, 0.717) is 11.8 Å². The number of nitrogens with zero attached hydrogens (tertiary/aromatic N) is 1. The van der Waals surface area contributed by atoms with Crippen molar-refractivity contribution < 1.29 is 0 Å². The lowest BCUT2D eigenvalue weighted by atomic mass is 10.1. The number of halogens is 2. The van der Waals surface area contributed by atoms with Crippen LogP contribution in [0.4, 0.5) is 0 Å². The van der Waals surface area contributed by atoms with Crippen molar-refractivity contribution in [2.45, 2.75) is 11.8 Å². The van der Waals surface area contributed by atoms with Crippen molar-refractivity contribution in [1.29, 1.82) is 0 Å². The minimum absolute atomic E-state index is 0.524. The quantitative estimate of drug-likeness (QED) is 0.481. The van der Waals surface area contributed by atoms with Crippen molar-refractivity contribution in [1.82, 2.24) is 4.98 Å². The number of fused-ring (bicyclic) bond motifs is 2. The van der Waals surface area contributed by atoms with Crippen LogP contribution in [0.1, 0.15) is 11.1 Å². The molecule has 1 nitrogen and oxygen atoms in total. The molecule has 0 radical (unpaired) electrons. The van der Waals surface area contributed by atoms with Crippen molar-refractivity contribution in [3.05, 3.63) is 53.6 Å². The highest BCUT2D eigenvalue weighted by Gasteiger charge is 2.02. The number of hydrogen-bond donors (Lipinski definition) is 0. The summed E-state index contributed by atoms with van der Waals surface area (Å²) < 4.78 is 0. The molecule has 3 heteroatoms. The predicted octanol–water partition coefficient (Wildman–Crippen LogP) is 4.87. The molecule has 0 bridgehead atoms. The number of hydrogen-bond acceptors (Lipinski definition) is 1. The Morgan fingerprint density at radius 3 is 1.67 bits per heavy atom. The normalized spacial score (nSPS) is 11.2. The van der Waals surface area contributed by atoms with Crippen LogP contribution in [-0.2, 0) is 11.8 Å². The summed E-state index contributed by atoms with van der Waals surface area (Å²) in [5.41, 5.74) is 4.21. The summed E-state index contributed by atoms with van der Waals surface area (Å²) in [6, 6.07) is 14.4. The highest BCUT2D eigenvalue weighted by Crippen LogP contribution is 2.22. The van der Waals surface area contributed by atoms with E-state index in [0.717, 1.165) is 32.9 Å². The SMILES string of the molecule is ClCc1ccc2nc3ccc(CCl)cc3cc2c1. The molecule has 0 unspecified atom stereocenters. The summed E-state index contributed by atoms with van der Waals surface area (Å²) in [5, 5.41) is 2.24. The van der Waals surface area contributed by atoms with Gasteiger partial charge in [0.2, 0.25) is 0 Å². The van der Waals surface area contributed by atoms with Gasteiger partial charge in [-0.3, -0.25) is 0 Å². The van der Waals surface area contributed by atoms with Gasteiger partial charge in [-0.2, -0.15) is 0 Å². The van der Waals surface area contributed by atoms with Gasteiger partial charge in [0.1, 0.15) is 0 Å². The Bertz CT molecular complexity index is 663. The van der Waals surface area contributed by atoms with Gasteiger partial charge in [0.15, 0.2) is 0 Å². The molecule has 0 saturated carbocycles. The fourth-order valence-electron chi connectivity index (χ4n) is 2.11. The van der Waals surface area contributed by atoms with E-state index in [1.807, 2.05) is 24.3 Å². The third-order valence-electron chi connectivity index (χ3n) is 3.04. The molecule has 0 atom stereocenters. The van der Waals surface area contributed by atoms with E-state index in [-0.39, 0.29) is 0 Å². The van der Waals surface area contributed by atoms with Gasteiger partial charge in [-0.05, 0) is 41.5 Å². The van der Waals surface area contributed by atoms with Crippen LogP contribution >= 0.6 is 23.2 Å². The average molecular weight is 276 g/mol. The van der Waals surface area contributed by atoms with Crippen molar-refractivity contribution in [3.8, 4) is 0 Å². The molecule has 0 amide bonds. The van der Waals surface area contributed by atoms with Crippen LogP contribution in [0, 0.1) is 0 Å². The molecule has 90 valence electrons. The molecule has 0 aliphatic carbocycles. The fourth-order valence-corrected chi connectivity index (χ4v) is 2.44. The number of benzene rings is 2. The van der Waals surface area contributed by atoms with E-state index in [1.165, 1.54) is 0 Å². The summed E-state index contributed by atoms with van der Waals surface area (Å²) in [6.45, 7) is 0. The Kier molecular flexibility index (Phi) is 3.11. The van der Waals surface area contributed by atoms with Crippen molar-refractivity contribution >= 4 is 45.0 Å². The van der Waals surface area contributed by atoms with Gasteiger partial charge in [-0.25, -0.2) is 4.98 Å². The predicted molar refractivity (Wildman–Crippen MR) is 78.4 cm³/mol. The maximum absolute atomic E-state index is 5.86. The van der Waals surface area contributed by atoms with Crippen LogP contribution < -0.4 is 0 Å². The zero-order valence-corrected chi connectivity index (χ0v) is 11.2. The molecule has 0 saturated heterocycles. The summed E-state index contributed by atoms with van der Waals surface area (Å²) in [5.74, 6) is 1.05. The standard InChI is InChI=1S/C15H11Cl2N/c16-8-10-1-3-14-12(5-10)7-13-6-11(9-17)2-4-15(13)18-14/h1-7H,8-9H2. The number of rotatable bonds is 2. The first-order valence-corrected chi connectivity index (χ1v) is 6.81. The molecule has 0 spiro atoms. The first-order chi connectivity index (χ1) is 8.80. The van der Waals surface area contributed by atoms with Crippen LogP contribution in [0.15, 0.2) is 42.5 Å². The summed E-state index contributed by atoms with van der Waals surface area (Å²) in [4.78, 5) is 4.64. The molecule has 3 rings (SSSR count). The lowest BCUT2D eigenvalue weighted by molar-refractivity contribution is 1.39. The smallest absolute Gasteiger partial charge is 0.0709 e. The molecular weight excluding hydrogens is 265 g/mol. The van der Waals surface area contributed by atoms with Gasteiger partial charge in [0.25, 0.3) is 0 Å². The first-order valence-electron chi connectivity index (χ1n) is 5.74. The zero-order chi connectivity index (χ0) is 12.5. The Balaban J connectivity index is 2.29. The Morgan fingerprint density at radius 1 is 0.722 bits per heavy atom. The van der Waals surface area contributed by atoms with Crippen LogP contribution in [0.2, 0.25) is 0 Å².